The largest absolute Gasteiger partial charge is 0.329 e. The van der Waals surface area contributed by atoms with Crippen LogP contribution in [-0.4, -0.2) is 81.7 Å². The van der Waals surface area contributed by atoms with Crippen LogP contribution in [0.1, 0.15) is 48.5 Å². The fraction of sp³-hybridized carbons (Fsp3) is 0.289. The van der Waals surface area contributed by atoms with Crippen molar-refractivity contribution in [1.82, 2.24) is 35.1 Å². The summed E-state index contributed by atoms with van der Waals surface area (Å²) in [6.07, 6.45) is 3.91. The summed E-state index contributed by atoms with van der Waals surface area (Å²) in [6.45, 7) is 15.7. The van der Waals surface area contributed by atoms with Gasteiger partial charge in [-0.15, -0.1) is 24.0 Å². The van der Waals surface area contributed by atoms with Crippen LogP contribution in [0.5, 0.6) is 0 Å². The third-order valence-corrected chi connectivity index (χ3v) is 11.6. The Bertz CT molecular complexity index is 3080. The molecule has 4 amide bonds. The number of carbonyl (C=O) groups excluding carboxylic acids is 3. The number of hydrogen-bond acceptors (Lipinski definition) is 13. The third kappa shape index (κ3) is 25.0. The second-order valence-corrected chi connectivity index (χ2v) is 36.6. The van der Waals surface area contributed by atoms with Crippen LogP contribution in [0.3, 0.4) is 0 Å². The van der Waals surface area contributed by atoms with Gasteiger partial charge in [-0.25, -0.2) is 28.9 Å². The Morgan fingerprint density at radius 3 is 1.73 bits per heavy atom. The van der Waals surface area contributed by atoms with Gasteiger partial charge in [0.2, 0.25) is 11.1 Å². The first-order chi connectivity index (χ1) is 34.6. The molecule has 0 unspecified atom stereocenters. The van der Waals surface area contributed by atoms with Crippen molar-refractivity contribution in [3.63, 3.8) is 0 Å². The van der Waals surface area contributed by atoms with Crippen molar-refractivity contribution in [3.8, 4) is 11.1 Å². The first kappa shape index (κ1) is 68.5. The molecule has 1 saturated heterocycles. The Morgan fingerprint density at radius 2 is 1.26 bits per heavy atom. The average Bonchev–Trinajstić information content (AvgIpc) is 3.92. The molecule has 0 radical (unpaired) electrons. The molecular weight excluding hydrogens is 1810 g/mol. The Kier molecular flexibility index (Phi) is 32.5. The Morgan fingerprint density at radius 1 is 0.770 bits per heavy atom. The second-order valence-electron chi connectivity index (χ2n) is 16.4. The number of hydrogen-bond donors (Lipinski definition) is 6. The smallest absolute Gasteiger partial charge is 0.249 e. The summed E-state index contributed by atoms with van der Waals surface area (Å²) in [7, 11) is -0.353. The number of benzene rings is 2. The minimum Gasteiger partial charge on any atom is -0.329 e. The van der Waals surface area contributed by atoms with E-state index < -0.39 is 17.3 Å². The maximum atomic E-state index is 11.6. The van der Waals surface area contributed by atoms with Crippen LogP contribution in [0.15, 0.2) is 115 Å². The van der Waals surface area contributed by atoms with Gasteiger partial charge < -0.3 is 34.6 Å². The molecule has 29 heteroatoms. The average molecular weight is 1860 g/mol. The van der Waals surface area contributed by atoms with E-state index in [1.54, 1.807) is 51.4 Å². The number of thiazole rings is 2. The molecular formula is C45H51BBr2I6N9O9S2-. The van der Waals surface area contributed by atoms with E-state index >= 15 is 0 Å². The maximum absolute atomic E-state index is 11.6. The van der Waals surface area contributed by atoms with Crippen LogP contribution in [0.4, 0.5) is 24.6 Å². The predicted octanol–water partition coefficient (Wildman–Crippen LogP) is 9.70. The van der Waals surface area contributed by atoms with Crippen molar-refractivity contribution >= 4 is 214 Å². The molecule has 8 rings (SSSR count). The molecule has 18 nitrogen and oxygen atoms in total. The van der Waals surface area contributed by atoms with Gasteiger partial charge in [0, 0.05) is 115 Å². The minimum absolute atomic E-state index is 0. The summed E-state index contributed by atoms with van der Waals surface area (Å²) in [5, 5.41) is 11.9. The van der Waals surface area contributed by atoms with Crippen molar-refractivity contribution in [1.29, 1.82) is 0 Å². The fourth-order valence-corrected chi connectivity index (χ4v) is 8.09. The standard InChI is InChI=1S/C15H20BN3O3S.C15H14N4O2S.C10H12BrNO3.C5H4BrNO.I3.I2.HI/c1-4-17-13(20)19-14-18-11-7-10(5-6-12(11)23-14)16-21-8-15(2,3)9-22-16;1-2-16-14(21)19-15-18-11-7-9(3-4-12(11)22-15)10-5-6-17-13(20)8-10;1-10(2,3)15-9(14)12-5-4-7(11)6-8(12)13;6-4-1-2-7-5(8)3-4;1-3-2;1-2;/h5-7H,4,8-9H2,1-3H3,(H2,17,18,19,20);3-8H,2H2,1H3,(H,17,20)(H2,16,18,19,21);4-6H,1-3H3;1-3H,(H,7,8);;;1H/q;;;;-1;;. The molecule has 1 aliphatic rings. The van der Waals surface area contributed by atoms with Gasteiger partial charge in [-0.2, -0.15) is 0 Å². The number of carbonyl (C=O) groups is 3. The summed E-state index contributed by atoms with van der Waals surface area (Å²) in [5.74, 6) is 0. The van der Waals surface area contributed by atoms with Crippen LogP contribution in [0, 0.1) is 5.41 Å². The van der Waals surface area contributed by atoms with Gasteiger partial charge in [0.25, 0.3) is 5.56 Å². The Balaban J connectivity index is 0.000000342. The van der Waals surface area contributed by atoms with Crippen LogP contribution >= 0.6 is 153 Å². The van der Waals surface area contributed by atoms with Gasteiger partial charge in [-0.1, -0.05) is 80.5 Å². The van der Waals surface area contributed by atoms with Crippen molar-refractivity contribution in [2.24, 2.45) is 5.41 Å². The number of pyridine rings is 3. The van der Waals surface area contributed by atoms with Gasteiger partial charge in [0.1, 0.15) is 5.60 Å². The SMILES string of the molecule is CC(C)(C)OC(=O)n1ccc(Br)cc1=O.CCNC(=O)Nc1nc2cc(-c3cc[nH]c(=O)c3)ccc2s1.CCNC(=O)Nc1nc2cc(B3OCC(C)(C)CO3)ccc2s1.I.II.I[I-]I.O=c1cc(Br)cc[nH]1. The van der Waals surface area contributed by atoms with E-state index in [9.17, 15) is 28.8 Å². The molecule has 5 aromatic heterocycles. The van der Waals surface area contributed by atoms with Crippen LogP contribution < -0.4 is 56.7 Å². The van der Waals surface area contributed by atoms with Gasteiger partial charge in [-0.3, -0.25) is 25.0 Å². The van der Waals surface area contributed by atoms with Gasteiger partial charge in [0.05, 0.1) is 20.4 Å². The topological polar surface area (TPSA) is 241 Å². The van der Waals surface area contributed by atoms with Gasteiger partial charge in [0.15, 0.2) is 10.3 Å². The molecule has 6 N–H and O–H groups in total. The number of anilines is 2. The normalized spacial score (nSPS) is 12.1. The number of aromatic nitrogens is 5. The number of halogens is 8. The minimum atomic E-state index is -0.667. The van der Waals surface area contributed by atoms with E-state index in [1.807, 2.05) is 56.3 Å². The van der Waals surface area contributed by atoms with E-state index in [1.165, 1.54) is 41.0 Å². The number of urea groups is 2. The molecule has 1 aliphatic heterocycles. The monoisotopic (exact) mass is 1860 g/mol. The number of rotatable bonds is 6. The molecule has 2 aromatic carbocycles. The van der Waals surface area contributed by atoms with Gasteiger partial charge >= 0.3 is 75.8 Å². The number of fused-ring (bicyclic) bond motifs is 2. The quantitative estimate of drug-likeness (QED) is 0.0677. The molecule has 0 saturated carbocycles. The number of H-pyrrole nitrogens is 2. The van der Waals surface area contributed by atoms with Crippen molar-refractivity contribution in [2.75, 3.05) is 36.9 Å². The van der Waals surface area contributed by atoms with Gasteiger partial charge in [-0.05, 0) is 93.7 Å². The first-order valence-electron chi connectivity index (χ1n) is 21.4. The molecule has 74 heavy (non-hydrogen) atoms. The molecule has 6 heterocycles. The molecule has 0 aliphatic carbocycles. The van der Waals surface area contributed by atoms with E-state index in [0.717, 1.165) is 46.1 Å². The zero-order valence-corrected chi connectivity index (χ0v) is 58.4. The number of nitrogens with zero attached hydrogens (tertiary/aromatic N) is 3. The van der Waals surface area contributed by atoms with Crippen LogP contribution in [0.25, 0.3) is 31.6 Å². The molecule has 0 bridgehead atoms. The summed E-state index contributed by atoms with van der Waals surface area (Å²) in [4.78, 5) is 81.7. The number of ether oxygens (including phenoxy) is 1. The zero-order valence-electron chi connectivity index (χ0n) is 40.5. The number of aromatic amines is 2. The summed E-state index contributed by atoms with van der Waals surface area (Å²) >= 11 is 18.7. The van der Waals surface area contributed by atoms with Crippen molar-refractivity contribution in [2.45, 2.75) is 54.1 Å². The molecule has 1 fully saturated rings. The molecule has 402 valence electrons. The Labute approximate surface area is 522 Å². The van der Waals surface area contributed by atoms with E-state index in [0.29, 0.717) is 54.3 Å². The van der Waals surface area contributed by atoms with Crippen LogP contribution in [-0.2, 0) is 14.0 Å². The van der Waals surface area contributed by atoms with Crippen molar-refractivity contribution < 1.29 is 41.7 Å². The predicted molar refractivity (Wildman–Crippen MR) is 348 cm³/mol. The zero-order chi connectivity index (χ0) is 54.3. The molecule has 7 aromatic rings. The van der Waals surface area contributed by atoms with Crippen molar-refractivity contribution in [3.05, 3.63) is 131 Å². The third-order valence-electron chi connectivity index (χ3n) is 8.76. The molecule has 0 spiro atoms. The maximum Gasteiger partial charge on any atom is 0.249 e. The summed E-state index contributed by atoms with van der Waals surface area (Å²) in [6, 6.07) is 20.7. The summed E-state index contributed by atoms with van der Waals surface area (Å²) < 4.78 is 21.0. The fourth-order valence-electron chi connectivity index (χ4n) is 5.75. The Hall–Kier alpha value is -1.60. The summed E-state index contributed by atoms with van der Waals surface area (Å²) in [5.41, 5.74) is 3.10. The number of amides is 4. The van der Waals surface area contributed by atoms with E-state index in [-0.39, 0.29) is 59.7 Å². The van der Waals surface area contributed by atoms with Crippen LogP contribution in [0.2, 0.25) is 0 Å². The van der Waals surface area contributed by atoms with E-state index in [2.05, 4.69) is 161 Å². The first-order valence-corrected chi connectivity index (χ1v) is 43.5. The number of nitrogens with one attached hydrogen (secondary N) is 6. The molecule has 0 atom stereocenters. The second kappa shape index (κ2) is 35.1. The van der Waals surface area contributed by atoms with E-state index in [4.69, 9.17) is 14.0 Å².